The molecular weight excluding hydrogens is 302 g/mol. The Morgan fingerprint density at radius 2 is 2.05 bits per heavy atom. The Hall–Kier alpha value is -1.57. The van der Waals surface area contributed by atoms with Crippen molar-refractivity contribution in [3.8, 4) is 0 Å². The molecule has 0 aliphatic carbocycles. The number of aromatic amines is 1. The van der Waals surface area contributed by atoms with Crippen LogP contribution in [0.1, 0.15) is 24.3 Å². The fourth-order valence-corrected chi connectivity index (χ4v) is 3.75. The van der Waals surface area contributed by atoms with Crippen LogP contribution in [0, 0.1) is 0 Å². The molecule has 2 aromatic rings. The van der Waals surface area contributed by atoms with Crippen LogP contribution in [-0.2, 0) is 10.0 Å². The van der Waals surface area contributed by atoms with E-state index in [-0.39, 0.29) is 16.6 Å². The first-order chi connectivity index (χ1) is 9.22. The van der Waals surface area contributed by atoms with Crippen LogP contribution in [0.25, 0.3) is 10.9 Å². The number of hydrogen-bond acceptors (Lipinski definition) is 3. The first-order valence-electron chi connectivity index (χ1n) is 5.85. The number of fused-ring (bicyclic) bond motifs is 1. The normalized spacial score (nSPS) is 12.2. The smallest absolute Gasteiger partial charge is 0.266 e. The van der Waals surface area contributed by atoms with Crippen LogP contribution >= 0.6 is 11.6 Å². The average Bonchev–Trinajstić information content (AvgIpc) is 2.66. The van der Waals surface area contributed by atoms with Crippen molar-refractivity contribution in [2.75, 3.05) is 0 Å². The summed E-state index contributed by atoms with van der Waals surface area (Å²) in [4.78, 5) is 14.0. The predicted octanol–water partition coefficient (Wildman–Crippen LogP) is 1.61. The molecule has 8 heteroatoms. The third kappa shape index (κ3) is 2.65. The number of nitrogens with two attached hydrogens (primary N) is 1. The van der Waals surface area contributed by atoms with Gasteiger partial charge in [0.2, 0.25) is 10.0 Å². The lowest BCUT2D eigenvalue weighted by atomic mass is 10.2. The maximum Gasteiger partial charge on any atom is 0.266 e. The van der Waals surface area contributed by atoms with Crippen LogP contribution < -0.4 is 10.5 Å². The number of amides is 1. The molecule has 0 radical (unpaired) electrons. The summed E-state index contributed by atoms with van der Waals surface area (Å²) in [6, 6.07) is 4.36. The van der Waals surface area contributed by atoms with Crippen molar-refractivity contribution in [1.82, 2.24) is 9.71 Å². The Morgan fingerprint density at radius 3 is 2.60 bits per heavy atom. The molecular formula is C12H14ClN3O3S. The number of sulfonamides is 1. The van der Waals surface area contributed by atoms with Crippen molar-refractivity contribution in [2.24, 2.45) is 5.73 Å². The molecule has 6 nitrogen and oxygen atoms in total. The van der Waals surface area contributed by atoms with Crippen molar-refractivity contribution < 1.29 is 13.2 Å². The molecule has 1 aromatic heterocycles. The number of aromatic nitrogens is 1. The summed E-state index contributed by atoms with van der Waals surface area (Å²) in [5, 5.41) is 0.702. The van der Waals surface area contributed by atoms with Gasteiger partial charge in [-0.25, -0.2) is 13.1 Å². The molecule has 0 bridgehead atoms. The molecule has 20 heavy (non-hydrogen) atoms. The van der Waals surface area contributed by atoms with E-state index >= 15 is 0 Å². The van der Waals surface area contributed by atoms with Gasteiger partial charge < -0.3 is 10.7 Å². The van der Waals surface area contributed by atoms with Crippen molar-refractivity contribution in [1.29, 1.82) is 0 Å². The van der Waals surface area contributed by atoms with Gasteiger partial charge in [-0.1, -0.05) is 11.6 Å². The van der Waals surface area contributed by atoms with Crippen molar-refractivity contribution in [3.05, 3.63) is 28.9 Å². The Kier molecular flexibility index (Phi) is 3.77. The Labute approximate surface area is 121 Å². The number of halogens is 1. The van der Waals surface area contributed by atoms with Gasteiger partial charge in [0.15, 0.2) is 0 Å². The van der Waals surface area contributed by atoms with E-state index in [1.165, 1.54) is 6.07 Å². The van der Waals surface area contributed by atoms with Crippen LogP contribution in [-0.4, -0.2) is 25.4 Å². The molecule has 1 heterocycles. The molecule has 0 unspecified atom stereocenters. The van der Waals surface area contributed by atoms with E-state index in [1.807, 2.05) is 0 Å². The quantitative estimate of drug-likeness (QED) is 0.798. The van der Waals surface area contributed by atoms with Gasteiger partial charge in [0.05, 0.1) is 0 Å². The fraction of sp³-hybridized carbons (Fsp3) is 0.250. The second kappa shape index (κ2) is 5.08. The highest BCUT2D eigenvalue weighted by atomic mass is 35.5. The van der Waals surface area contributed by atoms with Crippen LogP contribution in [0.15, 0.2) is 23.1 Å². The third-order valence-corrected chi connectivity index (χ3v) is 4.60. The fourth-order valence-electron chi connectivity index (χ4n) is 1.96. The first kappa shape index (κ1) is 14.8. The van der Waals surface area contributed by atoms with Crippen LogP contribution in [0.4, 0.5) is 0 Å². The summed E-state index contributed by atoms with van der Waals surface area (Å²) in [6.45, 7) is 3.37. The number of nitrogens with one attached hydrogen (secondary N) is 2. The Balaban J connectivity index is 2.81. The Morgan fingerprint density at radius 1 is 1.40 bits per heavy atom. The zero-order chi connectivity index (χ0) is 15.1. The molecule has 0 aliphatic rings. The van der Waals surface area contributed by atoms with E-state index in [0.29, 0.717) is 15.9 Å². The van der Waals surface area contributed by atoms with E-state index < -0.39 is 15.9 Å². The summed E-state index contributed by atoms with van der Waals surface area (Å²) >= 11 is 5.89. The summed E-state index contributed by atoms with van der Waals surface area (Å²) in [5.41, 5.74) is 5.57. The highest BCUT2D eigenvalue weighted by molar-refractivity contribution is 7.89. The number of benzene rings is 1. The minimum absolute atomic E-state index is 0.157. The molecule has 4 N–H and O–H groups in total. The summed E-state index contributed by atoms with van der Waals surface area (Å²) in [5.74, 6) is -0.846. The minimum atomic E-state index is -3.88. The summed E-state index contributed by atoms with van der Waals surface area (Å²) < 4.78 is 27.2. The molecule has 0 fully saturated rings. The SMILES string of the molecule is CC(C)NS(=O)(=O)c1c(C(N)=O)[nH]c2ccc(Cl)cc12. The lowest BCUT2D eigenvalue weighted by Crippen LogP contribution is -2.31. The predicted molar refractivity (Wildman–Crippen MR) is 77.3 cm³/mol. The zero-order valence-corrected chi connectivity index (χ0v) is 12.5. The maximum absolute atomic E-state index is 12.4. The monoisotopic (exact) mass is 315 g/mol. The number of carbonyl (C=O) groups excluding carboxylic acids is 1. The van der Waals surface area contributed by atoms with Gasteiger partial charge >= 0.3 is 0 Å². The summed E-state index contributed by atoms with van der Waals surface area (Å²) in [6.07, 6.45) is 0. The molecule has 1 amide bonds. The Bertz CT molecular complexity index is 781. The van der Waals surface area contributed by atoms with E-state index in [1.54, 1.807) is 26.0 Å². The third-order valence-electron chi connectivity index (χ3n) is 2.62. The molecule has 0 saturated heterocycles. The van der Waals surface area contributed by atoms with E-state index in [4.69, 9.17) is 17.3 Å². The van der Waals surface area contributed by atoms with Crippen molar-refractivity contribution in [2.45, 2.75) is 24.8 Å². The van der Waals surface area contributed by atoms with Crippen LogP contribution in [0.5, 0.6) is 0 Å². The van der Waals surface area contributed by atoms with E-state index in [2.05, 4.69) is 9.71 Å². The van der Waals surface area contributed by atoms with Gasteiger partial charge in [-0.2, -0.15) is 0 Å². The molecule has 2 rings (SSSR count). The standard InChI is InChI=1S/C12H14ClN3O3S/c1-6(2)16-20(18,19)11-8-5-7(13)3-4-9(8)15-10(11)12(14)17/h3-6,15-16H,1-2H3,(H2,14,17). The average molecular weight is 316 g/mol. The lowest BCUT2D eigenvalue weighted by molar-refractivity contribution is 0.0993. The zero-order valence-electron chi connectivity index (χ0n) is 10.9. The highest BCUT2D eigenvalue weighted by Crippen LogP contribution is 2.29. The largest absolute Gasteiger partial charge is 0.364 e. The number of carbonyl (C=O) groups is 1. The molecule has 0 atom stereocenters. The van der Waals surface area contributed by atoms with Gasteiger partial charge in [0.1, 0.15) is 10.6 Å². The van der Waals surface area contributed by atoms with Gasteiger partial charge in [-0.15, -0.1) is 0 Å². The molecule has 0 aliphatic heterocycles. The lowest BCUT2D eigenvalue weighted by Gasteiger charge is -2.09. The van der Waals surface area contributed by atoms with Crippen LogP contribution in [0.3, 0.4) is 0 Å². The second-order valence-electron chi connectivity index (χ2n) is 4.66. The number of hydrogen-bond donors (Lipinski definition) is 3. The van der Waals surface area contributed by atoms with Crippen LogP contribution in [0.2, 0.25) is 5.02 Å². The number of primary amides is 1. The molecule has 1 aromatic carbocycles. The van der Waals surface area contributed by atoms with E-state index in [9.17, 15) is 13.2 Å². The molecule has 108 valence electrons. The second-order valence-corrected chi connectivity index (χ2v) is 6.75. The van der Waals surface area contributed by atoms with Gasteiger partial charge in [-0.05, 0) is 32.0 Å². The van der Waals surface area contributed by atoms with Crippen molar-refractivity contribution in [3.63, 3.8) is 0 Å². The topological polar surface area (TPSA) is 105 Å². The maximum atomic E-state index is 12.4. The molecule has 0 spiro atoms. The number of H-pyrrole nitrogens is 1. The first-order valence-corrected chi connectivity index (χ1v) is 7.72. The van der Waals surface area contributed by atoms with Crippen molar-refractivity contribution >= 4 is 38.4 Å². The number of rotatable bonds is 4. The van der Waals surface area contributed by atoms with Gasteiger partial charge in [0.25, 0.3) is 5.91 Å². The summed E-state index contributed by atoms with van der Waals surface area (Å²) in [7, 11) is -3.88. The highest BCUT2D eigenvalue weighted by Gasteiger charge is 2.27. The molecule has 0 saturated carbocycles. The minimum Gasteiger partial charge on any atom is -0.364 e. The van der Waals surface area contributed by atoms with E-state index in [0.717, 1.165) is 0 Å². The van der Waals surface area contributed by atoms with Gasteiger partial charge in [-0.3, -0.25) is 4.79 Å². The van der Waals surface area contributed by atoms with Gasteiger partial charge in [0, 0.05) is 22.0 Å².